The third-order valence-corrected chi connectivity index (χ3v) is 16.5. The van der Waals surface area contributed by atoms with E-state index in [0.717, 1.165) is 11.3 Å². The van der Waals surface area contributed by atoms with Gasteiger partial charge < -0.3 is 64.2 Å². The van der Waals surface area contributed by atoms with Crippen LogP contribution in [-0.4, -0.2) is 287 Å². The maximum absolute atomic E-state index is 14.4. The minimum absolute atomic E-state index is 0.00410. The average Bonchev–Trinajstić information content (AvgIpc) is 1.62. The SMILES string of the molecule is CCCC(=O)CN1CCN(CC(=O)O)CCN(CC(=O)NC(CS(=O)(=O)O)C(=O)NCCOCCOCCOCCOCCNc2cncc(-c3cc4c(cc3OC)OCc3c(C(=O)N5CCOCC5(C)C)nn(-c5cc(Cl)cc(Cl)c5)c3-4)c2)CCN(CC(=O)O)CC1. The number of rotatable bonds is 34. The summed E-state index contributed by atoms with van der Waals surface area (Å²) >= 11 is 13.0. The highest BCUT2D eigenvalue weighted by atomic mass is 35.5. The highest BCUT2D eigenvalue weighted by molar-refractivity contribution is 7.85. The van der Waals surface area contributed by atoms with Gasteiger partial charge in [-0.25, -0.2) is 4.68 Å². The lowest BCUT2D eigenvalue weighted by Crippen LogP contribution is -2.55. The zero-order valence-corrected chi connectivity index (χ0v) is 55.2. The van der Waals surface area contributed by atoms with Gasteiger partial charge in [-0.15, -0.1) is 0 Å². The minimum atomic E-state index is -4.75. The third-order valence-electron chi connectivity index (χ3n) is 15.4. The Hall–Kier alpha value is -6.65. The molecule has 3 aliphatic heterocycles. The molecule has 32 heteroatoms. The van der Waals surface area contributed by atoms with E-state index in [2.05, 4.69) is 20.9 Å². The Morgan fingerprint density at radius 3 is 1.85 bits per heavy atom. The molecule has 5 heterocycles. The zero-order valence-electron chi connectivity index (χ0n) is 52.9. The number of morpholine rings is 1. The van der Waals surface area contributed by atoms with Crippen molar-refractivity contribution in [3.8, 4) is 39.6 Å². The fourth-order valence-electron chi connectivity index (χ4n) is 10.8. The predicted molar refractivity (Wildman–Crippen MR) is 343 cm³/mol. The van der Waals surface area contributed by atoms with Crippen LogP contribution in [-0.2, 0) is 64.4 Å². The lowest BCUT2D eigenvalue weighted by molar-refractivity contribution is -0.139. The molecule has 2 fully saturated rings. The number of aromatic nitrogens is 3. The minimum Gasteiger partial charge on any atom is -0.496 e. The van der Waals surface area contributed by atoms with Crippen LogP contribution < -0.4 is 25.4 Å². The van der Waals surface area contributed by atoms with Gasteiger partial charge in [0.15, 0.2) is 5.69 Å². The molecule has 2 aromatic heterocycles. The number of hydrogen-bond acceptors (Lipinski definition) is 22. The molecule has 1 unspecified atom stereocenters. The molecule has 0 spiro atoms. The Kier molecular flexibility index (Phi) is 28.8. The Morgan fingerprint density at radius 2 is 1.29 bits per heavy atom. The molecule has 0 aliphatic carbocycles. The smallest absolute Gasteiger partial charge is 0.317 e. The number of carboxylic acids is 2. The number of aliphatic carboxylic acids is 2. The van der Waals surface area contributed by atoms with Crippen molar-refractivity contribution >= 4 is 74.5 Å². The maximum Gasteiger partial charge on any atom is 0.317 e. The van der Waals surface area contributed by atoms with Crippen molar-refractivity contribution in [3.63, 3.8) is 0 Å². The number of ether oxygens (including phenoxy) is 7. The van der Waals surface area contributed by atoms with Crippen LogP contribution in [0.4, 0.5) is 5.69 Å². The third kappa shape index (κ3) is 23.4. The van der Waals surface area contributed by atoms with Crippen molar-refractivity contribution in [2.24, 2.45) is 0 Å². The van der Waals surface area contributed by atoms with Crippen LogP contribution in [0.25, 0.3) is 28.1 Å². The van der Waals surface area contributed by atoms with Crippen molar-refractivity contribution < 1.29 is 85.1 Å². The van der Waals surface area contributed by atoms with Gasteiger partial charge in [-0.3, -0.25) is 57.9 Å². The van der Waals surface area contributed by atoms with Crippen molar-refractivity contribution in [2.45, 2.75) is 51.8 Å². The number of Topliss-reactive ketones (excluding diaryl/α,β-unsaturated/α-hetero) is 1. The van der Waals surface area contributed by atoms with E-state index in [1.165, 1.54) is 0 Å². The molecule has 3 aliphatic rings. The largest absolute Gasteiger partial charge is 0.496 e. The van der Waals surface area contributed by atoms with E-state index in [9.17, 15) is 52.0 Å². The van der Waals surface area contributed by atoms with Gasteiger partial charge in [0.05, 0.1) is 122 Å². The summed E-state index contributed by atoms with van der Waals surface area (Å²) in [6.07, 6.45) is 4.48. The van der Waals surface area contributed by atoms with Gasteiger partial charge in [0, 0.05) is 129 Å². The van der Waals surface area contributed by atoms with Gasteiger partial charge in [-0.2, -0.15) is 13.5 Å². The molecule has 6 N–H and O–H groups in total. The summed E-state index contributed by atoms with van der Waals surface area (Å²) in [7, 11) is -3.18. The van der Waals surface area contributed by atoms with Gasteiger partial charge in [0.1, 0.15) is 35.7 Å². The summed E-state index contributed by atoms with van der Waals surface area (Å²) < 4.78 is 75.8. The predicted octanol–water partition coefficient (Wildman–Crippen LogP) is 2.79. The molecule has 0 radical (unpaired) electrons. The molecular weight excluding hydrogens is 1280 g/mol. The number of benzene rings is 2. The molecule has 0 bridgehead atoms. The first-order valence-electron chi connectivity index (χ1n) is 30.7. The van der Waals surface area contributed by atoms with E-state index >= 15 is 0 Å². The van der Waals surface area contributed by atoms with E-state index in [0.29, 0.717) is 122 Å². The molecular formula is C61H85Cl2N11O18S. The number of halogens is 2. The Balaban J connectivity index is 0.805. The fraction of sp³-hybridized carbons (Fsp3) is 0.574. The monoisotopic (exact) mass is 1360 g/mol. The second-order valence-corrected chi connectivity index (χ2v) is 25.4. The summed E-state index contributed by atoms with van der Waals surface area (Å²) in [5.74, 6) is -4.10. The summed E-state index contributed by atoms with van der Waals surface area (Å²) in [6.45, 7) is 10.4. The van der Waals surface area contributed by atoms with Crippen molar-refractivity contribution in [3.05, 3.63) is 70.1 Å². The number of fused-ring (bicyclic) bond motifs is 3. The molecule has 2 aromatic carbocycles. The molecule has 512 valence electrons. The number of anilines is 1. The number of carbonyl (C=O) groups excluding carboxylic acids is 4. The Labute approximate surface area is 550 Å². The van der Waals surface area contributed by atoms with E-state index in [-0.39, 0.29) is 129 Å². The second kappa shape index (κ2) is 36.3. The quantitative estimate of drug-likeness (QED) is 0.0289. The van der Waals surface area contributed by atoms with E-state index < -0.39 is 51.2 Å². The number of amides is 3. The number of hydrogen-bond donors (Lipinski definition) is 6. The van der Waals surface area contributed by atoms with Crippen molar-refractivity contribution in [1.29, 1.82) is 0 Å². The number of carbonyl (C=O) groups is 6. The van der Waals surface area contributed by atoms with Crippen LogP contribution in [0.15, 0.2) is 48.8 Å². The number of nitrogens with one attached hydrogen (secondary N) is 3. The maximum atomic E-state index is 14.4. The normalized spacial score (nSPS) is 16.4. The number of ketones is 1. The number of carboxylic acid groups (broad SMARTS) is 2. The highest BCUT2D eigenvalue weighted by Crippen LogP contribution is 2.47. The van der Waals surface area contributed by atoms with Crippen LogP contribution in [0.5, 0.6) is 11.5 Å². The van der Waals surface area contributed by atoms with Crippen molar-refractivity contribution in [1.82, 2.24) is 49.9 Å². The van der Waals surface area contributed by atoms with E-state index in [1.807, 2.05) is 43.9 Å². The first-order chi connectivity index (χ1) is 44.5. The van der Waals surface area contributed by atoms with E-state index in [4.69, 9.17) is 61.5 Å². The number of methoxy groups -OCH3 is 1. The summed E-state index contributed by atoms with van der Waals surface area (Å²) in [5.41, 5.74) is 4.34. The van der Waals surface area contributed by atoms with Crippen LogP contribution in [0.2, 0.25) is 10.0 Å². The fourth-order valence-corrected chi connectivity index (χ4v) is 11.9. The summed E-state index contributed by atoms with van der Waals surface area (Å²) in [6, 6.07) is 9.11. The van der Waals surface area contributed by atoms with Gasteiger partial charge >= 0.3 is 11.9 Å². The first kappa shape index (κ1) is 73.8. The van der Waals surface area contributed by atoms with Crippen molar-refractivity contribution in [2.75, 3.05) is 182 Å². The van der Waals surface area contributed by atoms with Gasteiger partial charge in [-0.05, 0) is 50.6 Å². The molecule has 3 amide bonds. The van der Waals surface area contributed by atoms with Crippen LogP contribution in [0.1, 0.15) is 49.7 Å². The zero-order chi connectivity index (χ0) is 67.1. The second-order valence-electron chi connectivity index (χ2n) is 23.1. The summed E-state index contributed by atoms with van der Waals surface area (Å²) in [5, 5.41) is 33.2. The molecule has 0 saturated carbocycles. The van der Waals surface area contributed by atoms with E-state index in [1.54, 1.807) is 62.0 Å². The Morgan fingerprint density at radius 1 is 0.720 bits per heavy atom. The highest BCUT2D eigenvalue weighted by Gasteiger charge is 2.40. The Bertz CT molecular complexity index is 3260. The summed E-state index contributed by atoms with van der Waals surface area (Å²) in [4.78, 5) is 90.2. The van der Waals surface area contributed by atoms with Gasteiger partial charge in [0.25, 0.3) is 16.0 Å². The molecule has 7 rings (SSSR count). The van der Waals surface area contributed by atoms with Gasteiger partial charge in [0.2, 0.25) is 11.8 Å². The standard InChI is InChI=1S/C61H85Cl2N11O18S/c1-5-6-47(75)35-69-9-13-71(37-55(77)78)15-11-70(12-16-72(14-10-69)38-56(79)80)36-54(76)67-51(40-93(83,84)85)59(81)66-8-19-88-22-24-90-26-25-89-23-21-87-18-7-65-45-27-42(33-64-34-45)48-31-49-53(32-52(48)86-4)92-39-50-57(60(82)73-17-20-91-41-61(73,2)3)68-74(58(49)50)46-29-43(62)28-44(63)30-46/h27-34,51,65H,5-26,35-41H2,1-4H3,(H,66,81)(H,67,76)(H,77,78)(H,79,80)(H,83,84,85). The lowest BCUT2D eigenvalue weighted by Gasteiger charge is -2.41. The molecule has 4 aromatic rings. The van der Waals surface area contributed by atoms with Crippen LogP contribution in [0, 0.1) is 0 Å². The molecule has 1 atom stereocenters. The van der Waals surface area contributed by atoms with Gasteiger partial charge in [-0.1, -0.05) is 30.1 Å². The lowest BCUT2D eigenvalue weighted by atomic mass is 9.95. The molecule has 93 heavy (non-hydrogen) atoms. The first-order valence-corrected chi connectivity index (χ1v) is 33.1. The number of nitrogens with zero attached hydrogens (tertiary/aromatic N) is 8. The molecule has 2 saturated heterocycles. The number of pyridine rings is 1. The molecule has 29 nitrogen and oxygen atoms in total. The van der Waals surface area contributed by atoms with Crippen LogP contribution >= 0.6 is 23.2 Å². The topological polar surface area (TPSA) is 345 Å². The van der Waals surface area contributed by atoms with Crippen LogP contribution in [0.3, 0.4) is 0 Å². The average molecular weight is 1360 g/mol.